The first kappa shape index (κ1) is 7.44. The molecule has 0 aromatic carbocycles. The number of thiazole rings is 1. The molecular formula is C5H3Br2NS. The Labute approximate surface area is 74.1 Å². The quantitative estimate of drug-likeness (QED) is 0.762. The molecule has 0 saturated carbocycles. The van der Waals surface area contributed by atoms with Crippen molar-refractivity contribution in [2.75, 3.05) is 0 Å². The lowest BCUT2D eigenvalue weighted by atomic mass is 10.7. The van der Waals surface area contributed by atoms with Crippen LogP contribution in [0.3, 0.4) is 0 Å². The zero-order chi connectivity index (χ0) is 6.69. The fraction of sp³-hybridized carbons (Fsp3) is 0. The van der Waals surface area contributed by atoms with Crippen LogP contribution in [0, 0.1) is 0 Å². The van der Waals surface area contributed by atoms with Gasteiger partial charge in [0, 0.05) is 11.6 Å². The summed E-state index contributed by atoms with van der Waals surface area (Å²) in [6, 6.07) is 0. The van der Waals surface area contributed by atoms with Crippen molar-refractivity contribution >= 4 is 49.3 Å². The SMILES string of the molecule is BrC(Br)=Cc1nccs1. The van der Waals surface area contributed by atoms with E-state index in [9.17, 15) is 0 Å². The third kappa shape index (κ3) is 2.60. The van der Waals surface area contributed by atoms with E-state index in [-0.39, 0.29) is 0 Å². The molecule has 0 aliphatic heterocycles. The molecule has 0 spiro atoms. The van der Waals surface area contributed by atoms with Crippen molar-refractivity contribution in [1.82, 2.24) is 4.98 Å². The minimum atomic E-state index is 0.921. The van der Waals surface area contributed by atoms with E-state index in [1.165, 1.54) is 0 Å². The van der Waals surface area contributed by atoms with Crippen molar-refractivity contribution in [2.45, 2.75) is 0 Å². The van der Waals surface area contributed by atoms with Crippen LogP contribution in [0.25, 0.3) is 6.08 Å². The molecule has 1 aromatic heterocycles. The van der Waals surface area contributed by atoms with Crippen LogP contribution in [0.5, 0.6) is 0 Å². The first-order valence-corrected chi connectivity index (χ1v) is 4.68. The van der Waals surface area contributed by atoms with E-state index in [4.69, 9.17) is 0 Å². The molecular weight excluding hydrogens is 266 g/mol. The maximum absolute atomic E-state index is 4.04. The standard InChI is InChI=1S/C5H3Br2NS/c6-4(7)3-5-8-1-2-9-5/h1-3H. The molecule has 0 fully saturated rings. The van der Waals surface area contributed by atoms with E-state index in [1.807, 2.05) is 11.5 Å². The Morgan fingerprint density at radius 3 is 2.89 bits per heavy atom. The van der Waals surface area contributed by atoms with E-state index in [0.29, 0.717) is 0 Å². The maximum Gasteiger partial charge on any atom is 0.117 e. The summed E-state index contributed by atoms with van der Waals surface area (Å²) < 4.78 is 0.921. The zero-order valence-electron chi connectivity index (χ0n) is 4.34. The van der Waals surface area contributed by atoms with Crippen LogP contribution >= 0.6 is 43.2 Å². The van der Waals surface area contributed by atoms with Gasteiger partial charge in [-0.25, -0.2) is 4.98 Å². The Hall–Kier alpha value is 0.330. The predicted octanol–water partition coefficient (Wildman–Crippen LogP) is 3.23. The highest BCUT2D eigenvalue weighted by molar-refractivity contribution is 9.28. The summed E-state index contributed by atoms with van der Waals surface area (Å²) in [7, 11) is 0. The molecule has 4 heteroatoms. The Morgan fingerprint density at radius 1 is 1.67 bits per heavy atom. The van der Waals surface area contributed by atoms with Crippen LogP contribution in [0.4, 0.5) is 0 Å². The fourth-order valence-corrected chi connectivity index (χ4v) is 1.70. The molecule has 0 saturated heterocycles. The number of hydrogen-bond donors (Lipinski definition) is 0. The van der Waals surface area contributed by atoms with Gasteiger partial charge in [0.2, 0.25) is 0 Å². The number of rotatable bonds is 1. The Morgan fingerprint density at radius 2 is 2.44 bits per heavy atom. The number of aromatic nitrogens is 1. The van der Waals surface area contributed by atoms with Crippen LogP contribution in [0.15, 0.2) is 15.0 Å². The van der Waals surface area contributed by atoms with Crippen molar-refractivity contribution in [3.05, 3.63) is 20.0 Å². The lowest BCUT2D eigenvalue weighted by Gasteiger charge is -1.79. The summed E-state index contributed by atoms with van der Waals surface area (Å²) >= 11 is 8.08. The van der Waals surface area contributed by atoms with Crippen molar-refractivity contribution in [3.8, 4) is 0 Å². The van der Waals surface area contributed by atoms with Crippen LogP contribution in [-0.2, 0) is 0 Å². The molecule has 0 bridgehead atoms. The monoisotopic (exact) mass is 267 g/mol. The number of nitrogens with zero attached hydrogens (tertiary/aromatic N) is 1. The molecule has 1 rings (SSSR count). The molecule has 1 heterocycles. The molecule has 0 radical (unpaired) electrons. The topological polar surface area (TPSA) is 12.9 Å². The van der Waals surface area contributed by atoms with Gasteiger partial charge in [0.05, 0.1) is 3.39 Å². The van der Waals surface area contributed by atoms with Gasteiger partial charge in [-0.3, -0.25) is 0 Å². The summed E-state index contributed by atoms with van der Waals surface area (Å²) in [6.45, 7) is 0. The summed E-state index contributed by atoms with van der Waals surface area (Å²) in [6.07, 6.45) is 3.68. The molecule has 1 nitrogen and oxygen atoms in total. The van der Waals surface area contributed by atoms with Crippen LogP contribution < -0.4 is 0 Å². The molecule has 0 amide bonds. The smallest absolute Gasteiger partial charge is 0.117 e. The normalized spacial score (nSPS) is 9.11. The summed E-state index contributed by atoms with van der Waals surface area (Å²) in [5.74, 6) is 0. The van der Waals surface area contributed by atoms with Crippen molar-refractivity contribution < 1.29 is 0 Å². The first-order chi connectivity index (χ1) is 4.29. The summed E-state index contributed by atoms with van der Waals surface area (Å²) in [5.41, 5.74) is 0. The minimum Gasteiger partial charge on any atom is -0.245 e. The Bertz CT molecular complexity index is 201. The fourth-order valence-electron chi connectivity index (χ4n) is 0.399. The van der Waals surface area contributed by atoms with Gasteiger partial charge in [-0.05, 0) is 37.9 Å². The highest BCUT2D eigenvalue weighted by atomic mass is 79.9. The molecule has 1 aromatic rings. The lowest BCUT2D eigenvalue weighted by molar-refractivity contribution is 1.40. The average molecular weight is 269 g/mol. The van der Waals surface area contributed by atoms with Gasteiger partial charge >= 0.3 is 0 Å². The molecule has 48 valence electrons. The maximum atomic E-state index is 4.04. The van der Waals surface area contributed by atoms with Gasteiger partial charge in [0.1, 0.15) is 5.01 Å². The van der Waals surface area contributed by atoms with E-state index >= 15 is 0 Å². The molecule has 0 N–H and O–H groups in total. The second-order valence-electron chi connectivity index (χ2n) is 1.30. The van der Waals surface area contributed by atoms with Crippen molar-refractivity contribution in [2.24, 2.45) is 0 Å². The first-order valence-electron chi connectivity index (χ1n) is 2.21. The summed E-state index contributed by atoms with van der Waals surface area (Å²) in [5, 5.41) is 2.94. The Balaban J connectivity index is 2.80. The van der Waals surface area contributed by atoms with Crippen molar-refractivity contribution in [3.63, 3.8) is 0 Å². The van der Waals surface area contributed by atoms with Crippen molar-refractivity contribution in [1.29, 1.82) is 0 Å². The molecule has 9 heavy (non-hydrogen) atoms. The van der Waals surface area contributed by atoms with E-state index < -0.39 is 0 Å². The highest BCUT2D eigenvalue weighted by Crippen LogP contribution is 2.18. The predicted molar refractivity (Wildman–Crippen MR) is 47.9 cm³/mol. The minimum absolute atomic E-state index is 0.921. The lowest BCUT2D eigenvalue weighted by Crippen LogP contribution is -1.62. The van der Waals surface area contributed by atoms with E-state index in [0.717, 1.165) is 8.40 Å². The second kappa shape index (κ2) is 3.49. The van der Waals surface area contributed by atoms with Crippen LogP contribution in [-0.4, -0.2) is 4.98 Å². The van der Waals surface area contributed by atoms with Crippen LogP contribution in [0.1, 0.15) is 5.01 Å². The Kier molecular flexibility index (Phi) is 2.88. The molecule has 0 aliphatic carbocycles. The number of halogens is 2. The second-order valence-corrected chi connectivity index (χ2v) is 5.00. The van der Waals surface area contributed by atoms with Gasteiger partial charge in [-0.1, -0.05) is 0 Å². The summed E-state index contributed by atoms with van der Waals surface area (Å²) in [4.78, 5) is 4.04. The average Bonchev–Trinajstić information content (AvgIpc) is 2.15. The van der Waals surface area contributed by atoms with Gasteiger partial charge < -0.3 is 0 Å². The third-order valence-corrected chi connectivity index (χ3v) is 1.86. The van der Waals surface area contributed by atoms with Gasteiger partial charge in [-0.2, -0.15) is 0 Å². The zero-order valence-corrected chi connectivity index (χ0v) is 8.33. The third-order valence-electron chi connectivity index (χ3n) is 0.684. The molecule has 0 aliphatic rings. The van der Waals surface area contributed by atoms with E-state index in [2.05, 4.69) is 36.8 Å². The van der Waals surface area contributed by atoms with Crippen LogP contribution in [0.2, 0.25) is 0 Å². The largest absolute Gasteiger partial charge is 0.245 e. The van der Waals surface area contributed by atoms with Gasteiger partial charge in [0.25, 0.3) is 0 Å². The number of hydrogen-bond acceptors (Lipinski definition) is 2. The molecule has 0 unspecified atom stereocenters. The van der Waals surface area contributed by atoms with Gasteiger partial charge in [0.15, 0.2) is 0 Å². The van der Waals surface area contributed by atoms with E-state index in [1.54, 1.807) is 17.5 Å². The molecule has 0 atom stereocenters. The van der Waals surface area contributed by atoms with Gasteiger partial charge in [-0.15, -0.1) is 11.3 Å². The highest BCUT2D eigenvalue weighted by Gasteiger charge is 1.88.